The van der Waals surface area contributed by atoms with Crippen molar-refractivity contribution in [1.82, 2.24) is 0 Å². The average molecular weight is 505 g/mol. The molecule has 3 N–H and O–H groups in total. The van der Waals surface area contributed by atoms with Gasteiger partial charge in [-0.05, 0) is 74.7 Å². The fourth-order valence-corrected chi connectivity index (χ4v) is 8.87. The Morgan fingerprint density at radius 3 is 2.50 bits per heavy atom. The highest BCUT2D eigenvalue weighted by Gasteiger charge is 2.71. The predicted molar refractivity (Wildman–Crippen MR) is 124 cm³/mol. The summed E-state index contributed by atoms with van der Waals surface area (Å²) < 4.78 is 10.7. The lowest BCUT2D eigenvalue weighted by Crippen LogP contribution is -2.69. The number of esters is 2. The maximum absolute atomic E-state index is 12.8. The van der Waals surface area contributed by atoms with E-state index < -0.39 is 40.1 Å². The zero-order chi connectivity index (χ0) is 25.9. The monoisotopic (exact) mass is 504 g/mol. The summed E-state index contributed by atoms with van der Waals surface area (Å²) in [6.07, 6.45) is 5.85. The number of carbonyl (C=O) groups is 4. The molecule has 1 heterocycles. The van der Waals surface area contributed by atoms with Crippen molar-refractivity contribution in [2.75, 3.05) is 6.61 Å². The molecule has 4 fully saturated rings. The number of ether oxygens (including phenoxy) is 2. The molecule has 0 saturated heterocycles. The Kier molecular flexibility index (Phi) is 6.10. The summed E-state index contributed by atoms with van der Waals surface area (Å²) >= 11 is 0. The number of aliphatic hydroxyl groups is 2. The van der Waals surface area contributed by atoms with E-state index in [4.69, 9.17) is 14.6 Å². The van der Waals surface area contributed by atoms with Crippen LogP contribution in [0, 0.1) is 28.6 Å². The quantitative estimate of drug-likeness (QED) is 0.366. The first-order valence-corrected chi connectivity index (χ1v) is 13.2. The fourth-order valence-electron chi connectivity index (χ4n) is 8.87. The molecule has 0 aromatic rings. The second-order valence-corrected chi connectivity index (χ2v) is 12.0. The lowest BCUT2D eigenvalue weighted by atomic mass is 9.41. The van der Waals surface area contributed by atoms with E-state index in [1.807, 2.05) is 0 Å². The third-order valence-electron chi connectivity index (χ3n) is 10.7. The van der Waals surface area contributed by atoms with Crippen LogP contribution < -0.4 is 0 Å². The van der Waals surface area contributed by atoms with E-state index in [-0.39, 0.29) is 49.6 Å². The SMILES string of the molecule is CC12CC[C@H]3[C@@H](CCC4(O)CC(OC(=O)CCC(=O)O)CCC34C=O)C1(O)CCC2C1=CC(=O)OC1. The normalized spacial score (nSPS) is 45.5. The van der Waals surface area contributed by atoms with Gasteiger partial charge in [-0.3, -0.25) is 9.59 Å². The average Bonchev–Trinajstić information content (AvgIpc) is 3.37. The first-order valence-electron chi connectivity index (χ1n) is 13.2. The van der Waals surface area contributed by atoms with E-state index in [2.05, 4.69) is 6.92 Å². The Labute approximate surface area is 210 Å². The molecule has 198 valence electrons. The Balaban J connectivity index is 1.37. The second-order valence-electron chi connectivity index (χ2n) is 12.0. The summed E-state index contributed by atoms with van der Waals surface area (Å²) in [7, 11) is 0. The highest BCUT2D eigenvalue weighted by atomic mass is 16.5. The van der Waals surface area contributed by atoms with Gasteiger partial charge in [-0.2, -0.15) is 0 Å². The molecule has 9 heteroatoms. The lowest BCUT2D eigenvalue weighted by molar-refractivity contribution is -0.249. The van der Waals surface area contributed by atoms with Gasteiger partial charge in [0.05, 0.1) is 29.5 Å². The molecule has 0 radical (unpaired) electrons. The summed E-state index contributed by atoms with van der Waals surface area (Å²) in [6.45, 7) is 2.38. The zero-order valence-electron chi connectivity index (χ0n) is 20.7. The fraction of sp³-hybridized carbons (Fsp3) is 0.778. The van der Waals surface area contributed by atoms with Crippen molar-refractivity contribution in [3.8, 4) is 0 Å². The molecule has 0 spiro atoms. The van der Waals surface area contributed by atoms with E-state index in [0.29, 0.717) is 44.9 Å². The van der Waals surface area contributed by atoms with Gasteiger partial charge in [-0.25, -0.2) is 4.79 Å². The maximum atomic E-state index is 12.8. The molecule has 5 aliphatic rings. The van der Waals surface area contributed by atoms with Crippen LogP contribution in [0.25, 0.3) is 0 Å². The van der Waals surface area contributed by atoms with Crippen LogP contribution in [0.1, 0.15) is 77.6 Å². The molecule has 5 rings (SSSR count). The number of carboxylic acids is 1. The minimum atomic E-state index is -1.34. The van der Waals surface area contributed by atoms with Crippen molar-refractivity contribution in [1.29, 1.82) is 0 Å². The highest BCUT2D eigenvalue weighted by Crippen LogP contribution is 2.70. The van der Waals surface area contributed by atoms with E-state index in [1.165, 1.54) is 0 Å². The molecule has 1 aliphatic heterocycles. The van der Waals surface area contributed by atoms with Gasteiger partial charge in [0, 0.05) is 17.9 Å². The molecular weight excluding hydrogens is 468 g/mol. The standard InChI is InChI=1S/C27H36O9/c1-24-8-5-19-20(27(24,34)11-7-18(24)16-12-23(32)35-14-16)6-10-26(33)13-17(4-9-25(19,26)15-28)36-22(31)3-2-21(29)30/h12,15,17-20,33-34H,2-11,13-14H2,1H3,(H,29,30)/t17?,18?,19-,20+,24?,25?,26?,27?/m0/s1. The first-order chi connectivity index (χ1) is 17.0. The number of hydrogen-bond acceptors (Lipinski definition) is 8. The smallest absolute Gasteiger partial charge is 0.331 e. The van der Waals surface area contributed by atoms with Crippen LogP contribution in [0.4, 0.5) is 0 Å². The van der Waals surface area contributed by atoms with Gasteiger partial charge in [0.15, 0.2) is 0 Å². The lowest BCUT2D eigenvalue weighted by Gasteiger charge is -2.65. The summed E-state index contributed by atoms with van der Waals surface area (Å²) in [5, 5.41) is 32.9. The number of fused-ring (bicyclic) bond motifs is 5. The van der Waals surface area contributed by atoms with E-state index in [1.54, 1.807) is 6.08 Å². The highest BCUT2D eigenvalue weighted by molar-refractivity contribution is 5.85. The van der Waals surface area contributed by atoms with Gasteiger partial charge in [0.1, 0.15) is 19.0 Å². The number of hydrogen-bond donors (Lipinski definition) is 3. The van der Waals surface area contributed by atoms with Crippen LogP contribution >= 0.6 is 0 Å². The Hall–Kier alpha value is -2.26. The Morgan fingerprint density at radius 2 is 1.83 bits per heavy atom. The van der Waals surface area contributed by atoms with E-state index >= 15 is 0 Å². The molecule has 8 atom stereocenters. The number of carbonyl (C=O) groups excluding carboxylic acids is 3. The summed E-state index contributed by atoms with van der Waals surface area (Å²) in [5.41, 5.74) is -2.88. The van der Waals surface area contributed by atoms with Crippen LogP contribution in [-0.4, -0.2) is 63.4 Å². The molecule has 36 heavy (non-hydrogen) atoms. The van der Waals surface area contributed by atoms with Crippen molar-refractivity contribution in [3.63, 3.8) is 0 Å². The van der Waals surface area contributed by atoms with Gasteiger partial charge in [-0.1, -0.05) is 6.92 Å². The van der Waals surface area contributed by atoms with Crippen molar-refractivity contribution >= 4 is 24.2 Å². The Morgan fingerprint density at radius 1 is 1.08 bits per heavy atom. The second kappa shape index (κ2) is 8.65. The third-order valence-corrected chi connectivity index (χ3v) is 10.7. The number of aliphatic carboxylic acids is 1. The molecule has 4 aliphatic carbocycles. The number of cyclic esters (lactones) is 1. The molecule has 0 aromatic carbocycles. The van der Waals surface area contributed by atoms with Crippen molar-refractivity contribution in [2.24, 2.45) is 28.6 Å². The summed E-state index contributed by atoms with van der Waals surface area (Å²) in [6, 6.07) is 0. The predicted octanol–water partition coefficient (Wildman–Crippen LogP) is 2.31. The molecular formula is C27H36O9. The van der Waals surface area contributed by atoms with Crippen LogP contribution in [0.2, 0.25) is 0 Å². The molecule has 4 saturated carbocycles. The van der Waals surface area contributed by atoms with Gasteiger partial charge in [-0.15, -0.1) is 0 Å². The van der Waals surface area contributed by atoms with E-state index in [0.717, 1.165) is 18.3 Å². The van der Waals surface area contributed by atoms with Gasteiger partial charge < -0.3 is 29.6 Å². The van der Waals surface area contributed by atoms with Crippen molar-refractivity contribution in [2.45, 2.75) is 94.9 Å². The van der Waals surface area contributed by atoms with Crippen LogP contribution in [-0.2, 0) is 28.7 Å². The van der Waals surface area contributed by atoms with Crippen molar-refractivity contribution < 1.29 is 44.0 Å². The van der Waals surface area contributed by atoms with Crippen LogP contribution in [0.5, 0.6) is 0 Å². The molecule has 0 bridgehead atoms. The molecule has 9 nitrogen and oxygen atoms in total. The topological polar surface area (TPSA) is 147 Å². The molecule has 0 amide bonds. The summed E-state index contributed by atoms with van der Waals surface area (Å²) in [5.74, 6) is -2.32. The maximum Gasteiger partial charge on any atom is 0.331 e. The van der Waals surface area contributed by atoms with Crippen molar-refractivity contribution in [3.05, 3.63) is 11.6 Å². The van der Waals surface area contributed by atoms with E-state index in [9.17, 15) is 29.4 Å². The zero-order valence-corrected chi connectivity index (χ0v) is 20.7. The number of aldehydes is 1. The first kappa shape index (κ1) is 25.4. The van der Waals surface area contributed by atoms with Gasteiger partial charge in [0.2, 0.25) is 0 Å². The molecule has 0 aromatic heterocycles. The largest absolute Gasteiger partial charge is 0.481 e. The van der Waals surface area contributed by atoms with Crippen LogP contribution in [0.15, 0.2) is 11.6 Å². The number of rotatable bonds is 6. The Bertz CT molecular complexity index is 1010. The molecule has 6 unspecified atom stereocenters. The number of carboxylic acid groups (broad SMARTS) is 1. The summed E-state index contributed by atoms with van der Waals surface area (Å²) in [4.78, 5) is 47.4. The minimum Gasteiger partial charge on any atom is -0.481 e. The third kappa shape index (κ3) is 3.56. The van der Waals surface area contributed by atoms with Gasteiger partial charge >= 0.3 is 17.9 Å². The van der Waals surface area contributed by atoms with Gasteiger partial charge in [0.25, 0.3) is 0 Å². The minimum absolute atomic E-state index is 0.0452. The van der Waals surface area contributed by atoms with Crippen LogP contribution in [0.3, 0.4) is 0 Å².